The molecular weight excluding hydrogens is 372 g/mol. The SMILES string of the molecule is CC(=O)c1ccc(N(C(=O)c2cnc(C)cn2)c2nc3ccccc3s2)cc1. The number of carbonyl (C=O) groups is 2. The van der Waals surface area contributed by atoms with Crippen molar-refractivity contribution in [2.75, 3.05) is 4.90 Å². The zero-order valence-corrected chi connectivity index (χ0v) is 16.1. The molecule has 138 valence electrons. The van der Waals surface area contributed by atoms with Crippen LogP contribution in [0, 0.1) is 6.92 Å². The minimum atomic E-state index is -0.331. The first-order valence-electron chi connectivity index (χ1n) is 8.62. The van der Waals surface area contributed by atoms with Gasteiger partial charge < -0.3 is 0 Å². The van der Waals surface area contributed by atoms with Crippen molar-refractivity contribution in [1.29, 1.82) is 0 Å². The van der Waals surface area contributed by atoms with Crippen molar-refractivity contribution < 1.29 is 9.59 Å². The topological polar surface area (TPSA) is 76.1 Å². The summed E-state index contributed by atoms with van der Waals surface area (Å²) < 4.78 is 0.977. The predicted molar refractivity (Wildman–Crippen MR) is 109 cm³/mol. The highest BCUT2D eigenvalue weighted by molar-refractivity contribution is 7.22. The number of para-hydroxylation sites is 1. The Morgan fingerprint density at radius 1 is 0.964 bits per heavy atom. The van der Waals surface area contributed by atoms with Gasteiger partial charge in [-0.15, -0.1) is 0 Å². The van der Waals surface area contributed by atoms with Crippen molar-refractivity contribution in [3.05, 3.63) is 77.9 Å². The quantitative estimate of drug-likeness (QED) is 0.479. The summed E-state index contributed by atoms with van der Waals surface area (Å²) in [5.74, 6) is -0.365. The van der Waals surface area contributed by atoms with Crippen LogP contribution in [-0.2, 0) is 0 Å². The number of amides is 1. The molecule has 0 N–H and O–H groups in total. The zero-order valence-electron chi connectivity index (χ0n) is 15.3. The summed E-state index contributed by atoms with van der Waals surface area (Å²) in [7, 11) is 0. The maximum Gasteiger partial charge on any atom is 0.284 e. The van der Waals surface area contributed by atoms with Gasteiger partial charge in [-0.1, -0.05) is 23.5 Å². The van der Waals surface area contributed by atoms with Gasteiger partial charge >= 0.3 is 0 Å². The van der Waals surface area contributed by atoms with E-state index >= 15 is 0 Å². The summed E-state index contributed by atoms with van der Waals surface area (Å²) in [6, 6.07) is 14.6. The van der Waals surface area contributed by atoms with Crippen LogP contribution >= 0.6 is 11.3 Å². The number of aromatic nitrogens is 3. The van der Waals surface area contributed by atoms with E-state index < -0.39 is 0 Å². The molecule has 0 radical (unpaired) electrons. The summed E-state index contributed by atoms with van der Waals surface area (Å²) >= 11 is 1.42. The number of ketones is 1. The molecule has 4 aromatic rings. The molecule has 0 spiro atoms. The molecule has 0 unspecified atom stereocenters. The molecule has 0 aliphatic heterocycles. The van der Waals surface area contributed by atoms with E-state index in [0.29, 0.717) is 16.4 Å². The average Bonchev–Trinajstić information content (AvgIpc) is 3.12. The predicted octanol–water partition coefficient (Wildman–Crippen LogP) is 4.58. The van der Waals surface area contributed by atoms with Gasteiger partial charge in [-0.2, -0.15) is 0 Å². The molecule has 2 aromatic carbocycles. The van der Waals surface area contributed by atoms with Crippen LogP contribution in [0.25, 0.3) is 10.2 Å². The molecule has 28 heavy (non-hydrogen) atoms. The number of rotatable bonds is 4. The normalized spacial score (nSPS) is 10.8. The second kappa shape index (κ2) is 7.28. The van der Waals surface area contributed by atoms with E-state index in [-0.39, 0.29) is 17.4 Å². The van der Waals surface area contributed by atoms with Gasteiger partial charge in [-0.25, -0.2) is 9.97 Å². The molecule has 0 fully saturated rings. The second-order valence-electron chi connectivity index (χ2n) is 6.25. The maximum atomic E-state index is 13.3. The highest BCUT2D eigenvalue weighted by atomic mass is 32.1. The van der Waals surface area contributed by atoms with Crippen molar-refractivity contribution in [1.82, 2.24) is 15.0 Å². The van der Waals surface area contributed by atoms with Gasteiger partial charge in [0.25, 0.3) is 5.91 Å². The van der Waals surface area contributed by atoms with Crippen molar-refractivity contribution in [3.8, 4) is 0 Å². The summed E-state index contributed by atoms with van der Waals surface area (Å²) in [5.41, 5.74) is 2.96. The third-order valence-corrected chi connectivity index (χ3v) is 5.23. The fraction of sp³-hybridized carbons (Fsp3) is 0.0952. The number of benzene rings is 2. The molecule has 7 heteroatoms. The first kappa shape index (κ1) is 17.9. The molecule has 2 aromatic heterocycles. The van der Waals surface area contributed by atoms with Crippen LogP contribution in [-0.4, -0.2) is 26.6 Å². The molecule has 4 rings (SSSR count). The number of fused-ring (bicyclic) bond motifs is 1. The lowest BCUT2D eigenvalue weighted by atomic mass is 10.1. The Morgan fingerprint density at radius 2 is 1.71 bits per heavy atom. The standard InChI is InChI=1S/C21H16N4O2S/c1-13-11-23-18(12-22-13)20(27)25(16-9-7-15(8-10-16)14(2)26)21-24-17-5-3-4-6-19(17)28-21/h3-12H,1-2H3. The molecule has 0 saturated carbocycles. The second-order valence-corrected chi connectivity index (χ2v) is 7.26. The maximum absolute atomic E-state index is 13.3. The minimum absolute atomic E-state index is 0.0335. The lowest BCUT2D eigenvalue weighted by Crippen LogP contribution is -2.27. The summed E-state index contributed by atoms with van der Waals surface area (Å²) in [5, 5.41) is 0.532. The van der Waals surface area contributed by atoms with Crippen LogP contribution in [0.15, 0.2) is 60.9 Å². The Morgan fingerprint density at radius 3 is 2.36 bits per heavy atom. The molecule has 0 saturated heterocycles. The number of nitrogens with zero attached hydrogens (tertiary/aromatic N) is 4. The number of hydrogen-bond acceptors (Lipinski definition) is 6. The Labute approximate surface area is 165 Å². The number of carbonyl (C=O) groups excluding carboxylic acids is 2. The van der Waals surface area contributed by atoms with Gasteiger partial charge in [-0.05, 0) is 50.2 Å². The van der Waals surface area contributed by atoms with E-state index in [0.717, 1.165) is 15.9 Å². The molecule has 0 aliphatic rings. The van der Waals surface area contributed by atoms with Gasteiger partial charge in [0.1, 0.15) is 5.69 Å². The summed E-state index contributed by atoms with van der Waals surface area (Å²) in [4.78, 5) is 39.4. The number of hydrogen-bond donors (Lipinski definition) is 0. The zero-order chi connectivity index (χ0) is 19.7. The fourth-order valence-corrected chi connectivity index (χ4v) is 3.72. The van der Waals surface area contributed by atoms with Crippen molar-refractivity contribution in [2.24, 2.45) is 0 Å². The van der Waals surface area contributed by atoms with E-state index in [4.69, 9.17) is 0 Å². The van der Waals surface area contributed by atoms with E-state index in [9.17, 15) is 9.59 Å². The number of aryl methyl sites for hydroxylation is 1. The Kier molecular flexibility index (Phi) is 4.67. The van der Waals surface area contributed by atoms with Crippen LogP contribution in [0.5, 0.6) is 0 Å². The van der Waals surface area contributed by atoms with Crippen LogP contribution in [0.1, 0.15) is 33.5 Å². The van der Waals surface area contributed by atoms with Crippen molar-refractivity contribution in [3.63, 3.8) is 0 Å². The lowest BCUT2D eigenvalue weighted by molar-refractivity contribution is 0.0992. The van der Waals surface area contributed by atoms with E-state index in [2.05, 4.69) is 15.0 Å². The number of Topliss-reactive ketones (excluding diaryl/α,β-unsaturated/α-hetero) is 1. The molecule has 2 heterocycles. The number of anilines is 2. The molecule has 0 aliphatic carbocycles. The van der Waals surface area contributed by atoms with Crippen molar-refractivity contribution >= 4 is 44.1 Å². The smallest absolute Gasteiger partial charge is 0.284 e. The van der Waals surface area contributed by atoms with Gasteiger partial charge in [0.2, 0.25) is 0 Å². The molecule has 0 bridgehead atoms. The van der Waals surface area contributed by atoms with Gasteiger partial charge in [0.15, 0.2) is 10.9 Å². The number of thiazole rings is 1. The highest BCUT2D eigenvalue weighted by Crippen LogP contribution is 2.34. The van der Waals surface area contributed by atoms with Crippen molar-refractivity contribution in [2.45, 2.75) is 13.8 Å². The van der Waals surface area contributed by atoms with Crippen LogP contribution in [0.2, 0.25) is 0 Å². The van der Waals surface area contributed by atoms with E-state index in [1.807, 2.05) is 31.2 Å². The average molecular weight is 388 g/mol. The summed E-state index contributed by atoms with van der Waals surface area (Å²) in [6.45, 7) is 3.32. The molecule has 0 atom stereocenters. The largest absolute Gasteiger partial charge is 0.295 e. The Hall–Kier alpha value is -3.45. The fourth-order valence-electron chi connectivity index (χ4n) is 2.73. The first-order chi connectivity index (χ1) is 13.5. The third kappa shape index (κ3) is 3.39. The third-order valence-electron chi connectivity index (χ3n) is 4.21. The van der Waals surface area contributed by atoms with E-state index in [1.165, 1.54) is 29.4 Å². The van der Waals surface area contributed by atoms with Crippen LogP contribution in [0.3, 0.4) is 0 Å². The van der Waals surface area contributed by atoms with E-state index in [1.54, 1.807) is 30.5 Å². The van der Waals surface area contributed by atoms with Gasteiger partial charge in [-0.3, -0.25) is 19.5 Å². The summed E-state index contributed by atoms with van der Waals surface area (Å²) in [6.07, 6.45) is 3.02. The molecule has 6 nitrogen and oxygen atoms in total. The monoisotopic (exact) mass is 388 g/mol. The van der Waals surface area contributed by atoms with Crippen LogP contribution in [0.4, 0.5) is 10.8 Å². The molecular formula is C21H16N4O2S. The van der Waals surface area contributed by atoms with Crippen LogP contribution < -0.4 is 4.90 Å². The minimum Gasteiger partial charge on any atom is -0.295 e. The van der Waals surface area contributed by atoms with Gasteiger partial charge in [0, 0.05) is 11.8 Å². The Bertz CT molecular complexity index is 1130. The highest BCUT2D eigenvalue weighted by Gasteiger charge is 2.24. The first-order valence-corrected chi connectivity index (χ1v) is 9.44. The van der Waals surface area contributed by atoms with Gasteiger partial charge in [0.05, 0.1) is 27.8 Å². The Balaban J connectivity index is 1.83. The lowest BCUT2D eigenvalue weighted by Gasteiger charge is -2.19. The molecule has 1 amide bonds.